The summed E-state index contributed by atoms with van der Waals surface area (Å²) in [6.45, 7) is 3.22. The number of para-hydroxylation sites is 1. The quantitative estimate of drug-likeness (QED) is 0.537. The first-order chi connectivity index (χ1) is 11.6. The molecule has 0 fully saturated rings. The number of phenolic OH excluding ortho intramolecular Hbond substituents is 1. The third kappa shape index (κ3) is 4.89. The molecule has 2 aromatic carbocycles. The van der Waals surface area contributed by atoms with Gasteiger partial charge in [-0.1, -0.05) is 24.3 Å². The van der Waals surface area contributed by atoms with Crippen LogP contribution in [0, 0.1) is 0 Å². The molecule has 0 bridgehead atoms. The standard InChI is InChI=1S/C18H23N3O3/c1-3-24-17-10-13(8-9-16(17)22)11-20-18(19)21-15-7-5-4-6-14(15)12-23-2/h4-10,22H,3,11-12H2,1-2H3,(H3,19,20,21). The number of nitrogens with zero attached hydrogens (tertiary/aromatic N) is 1. The van der Waals surface area contributed by atoms with E-state index in [0.717, 1.165) is 16.8 Å². The second-order valence-corrected chi connectivity index (χ2v) is 5.15. The number of methoxy groups -OCH3 is 1. The number of rotatable bonds is 7. The molecule has 0 spiro atoms. The zero-order valence-corrected chi connectivity index (χ0v) is 14.0. The molecule has 0 amide bonds. The van der Waals surface area contributed by atoms with Gasteiger partial charge in [0, 0.05) is 18.4 Å². The number of hydrogen-bond acceptors (Lipinski definition) is 4. The Hall–Kier alpha value is -2.73. The first kappa shape index (κ1) is 17.6. The topological polar surface area (TPSA) is 89.1 Å². The largest absolute Gasteiger partial charge is 0.504 e. The summed E-state index contributed by atoms with van der Waals surface area (Å²) in [5.74, 6) is 0.871. The zero-order chi connectivity index (χ0) is 17.4. The van der Waals surface area contributed by atoms with E-state index in [1.165, 1.54) is 0 Å². The van der Waals surface area contributed by atoms with E-state index in [-0.39, 0.29) is 5.75 Å². The van der Waals surface area contributed by atoms with Gasteiger partial charge in [-0.15, -0.1) is 0 Å². The van der Waals surface area contributed by atoms with Crippen molar-refractivity contribution < 1.29 is 14.6 Å². The molecule has 6 nitrogen and oxygen atoms in total. The van der Waals surface area contributed by atoms with Crippen molar-refractivity contribution in [3.63, 3.8) is 0 Å². The van der Waals surface area contributed by atoms with Gasteiger partial charge < -0.3 is 25.6 Å². The maximum Gasteiger partial charge on any atom is 0.193 e. The number of guanidine groups is 1. The Morgan fingerprint density at radius 2 is 2.04 bits per heavy atom. The summed E-state index contributed by atoms with van der Waals surface area (Å²) in [6, 6.07) is 12.9. The van der Waals surface area contributed by atoms with Crippen LogP contribution < -0.4 is 15.8 Å². The van der Waals surface area contributed by atoms with E-state index in [4.69, 9.17) is 15.2 Å². The average Bonchev–Trinajstić information content (AvgIpc) is 2.58. The number of hydrogen-bond donors (Lipinski definition) is 3. The summed E-state index contributed by atoms with van der Waals surface area (Å²) in [4.78, 5) is 4.33. The van der Waals surface area contributed by atoms with Gasteiger partial charge in [-0.25, -0.2) is 4.99 Å². The van der Waals surface area contributed by atoms with Gasteiger partial charge in [0.25, 0.3) is 0 Å². The normalized spacial score (nSPS) is 11.3. The molecule has 0 radical (unpaired) electrons. The molecule has 0 aromatic heterocycles. The number of benzene rings is 2. The van der Waals surface area contributed by atoms with Gasteiger partial charge in [0.05, 0.1) is 19.8 Å². The predicted molar refractivity (Wildman–Crippen MR) is 95.4 cm³/mol. The number of nitrogens with one attached hydrogen (secondary N) is 1. The molecule has 6 heteroatoms. The first-order valence-electron chi connectivity index (χ1n) is 7.72. The number of nitrogens with two attached hydrogens (primary N) is 1. The van der Waals surface area contributed by atoms with Crippen LogP contribution >= 0.6 is 0 Å². The van der Waals surface area contributed by atoms with Crippen LogP contribution in [0.5, 0.6) is 11.5 Å². The van der Waals surface area contributed by atoms with Crippen molar-refractivity contribution in [2.45, 2.75) is 20.1 Å². The Balaban J connectivity index is 2.05. The average molecular weight is 329 g/mol. The summed E-state index contributed by atoms with van der Waals surface area (Å²) in [7, 11) is 1.65. The minimum atomic E-state index is 0.115. The minimum Gasteiger partial charge on any atom is -0.504 e. The fourth-order valence-corrected chi connectivity index (χ4v) is 2.21. The highest BCUT2D eigenvalue weighted by molar-refractivity contribution is 5.92. The number of aromatic hydroxyl groups is 1. The van der Waals surface area contributed by atoms with Crippen LogP contribution in [0.3, 0.4) is 0 Å². The molecule has 4 N–H and O–H groups in total. The molecule has 0 aliphatic carbocycles. The van der Waals surface area contributed by atoms with Crippen molar-refractivity contribution in [3.05, 3.63) is 53.6 Å². The monoisotopic (exact) mass is 329 g/mol. The zero-order valence-electron chi connectivity index (χ0n) is 14.0. The molecule has 0 saturated heterocycles. The van der Waals surface area contributed by atoms with E-state index >= 15 is 0 Å². The lowest BCUT2D eigenvalue weighted by molar-refractivity contribution is 0.185. The van der Waals surface area contributed by atoms with E-state index < -0.39 is 0 Å². The summed E-state index contributed by atoms with van der Waals surface area (Å²) in [5.41, 5.74) is 8.72. The van der Waals surface area contributed by atoms with E-state index in [0.29, 0.717) is 31.5 Å². The molecule has 0 aliphatic heterocycles. The van der Waals surface area contributed by atoms with Gasteiger partial charge in [-0.3, -0.25) is 0 Å². The predicted octanol–water partition coefficient (Wildman–Crippen LogP) is 2.86. The number of phenols is 1. The highest BCUT2D eigenvalue weighted by Crippen LogP contribution is 2.27. The fraction of sp³-hybridized carbons (Fsp3) is 0.278. The Bertz CT molecular complexity index is 702. The van der Waals surface area contributed by atoms with Crippen molar-refractivity contribution in [1.82, 2.24) is 0 Å². The molecular weight excluding hydrogens is 306 g/mol. The van der Waals surface area contributed by atoms with Gasteiger partial charge in [-0.2, -0.15) is 0 Å². The van der Waals surface area contributed by atoms with Gasteiger partial charge in [0.2, 0.25) is 0 Å². The highest BCUT2D eigenvalue weighted by Gasteiger charge is 2.05. The fourth-order valence-electron chi connectivity index (χ4n) is 2.21. The van der Waals surface area contributed by atoms with E-state index in [1.807, 2.05) is 31.2 Å². The van der Waals surface area contributed by atoms with Crippen LogP contribution in [0.25, 0.3) is 0 Å². The molecule has 0 saturated carbocycles. The van der Waals surface area contributed by atoms with Crippen LogP contribution in [0.1, 0.15) is 18.1 Å². The maximum atomic E-state index is 9.71. The van der Waals surface area contributed by atoms with Crippen LogP contribution in [0.15, 0.2) is 47.5 Å². The van der Waals surface area contributed by atoms with Gasteiger partial charge in [0.15, 0.2) is 17.5 Å². The van der Waals surface area contributed by atoms with Crippen molar-refractivity contribution in [2.24, 2.45) is 10.7 Å². The van der Waals surface area contributed by atoms with Crippen molar-refractivity contribution >= 4 is 11.6 Å². The van der Waals surface area contributed by atoms with E-state index in [2.05, 4.69) is 10.3 Å². The number of aliphatic imine (C=N–C) groups is 1. The van der Waals surface area contributed by atoms with Gasteiger partial charge in [-0.05, 0) is 30.7 Å². The smallest absolute Gasteiger partial charge is 0.193 e. The molecular formula is C18H23N3O3. The van der Waals surface area contributed by atoms with Crippen LogP contribution in [-0.2, 0) is 17.9 Å². The van der Waals surface area contributed by atoms with Crippen LogP contribution in [0.4, 0.5) is 5.69 Å². The number of ether oxygens (including phenoxy) is 2. The Labute approximate surface area is 141 Å². The highest BCUT2D eigenvalue weighted by atomic mass is 16.5. The van der Waals surface area contributed by atoms with E-state index in [1.54, 1.807) is 25.3 Å². The van der Waals surface area contributed by atoms with E-state index in [9.17, 15) is 5.11 Å². The van der Waals surface area contributed by atoms with Crippen LogP contribution in [-0.4, -0.2) is 24.8 Å². The summed E-state index contributed by atoms with van der Waals surface area (Å²) in [5, 5.41) is 12.8. The van der Waals surface area contributed by atoms with Crippen LogP contribution in [0.2, 0.25) is 0 Å². The molecule has 0 heterocycles. The molecule has 2 rings (SSSR count). The Kier molecular flexibility index (Phi) is 6.45. The molecule has 0 aliphatic rings. The SMILES string of the molecule is CCOc1cc(CN=C(N)Nc2ccccc2COC)ccc1O. The summed E-state index contributed by atoms with van der Waals surface area (Å²) in [6.07, 6.45) is 0. The second kappa shape index (κ2) is 8.79. The minimum absolute atomic E-state index is 0.115. The molecule has 24 heavy (non-hydrogen) atoms. The van der Waals surface area contributed by atoms with Crippen molar-refractivity contribution in [1.29, 1.82) is 0 Å². The molecule has 128 valence electrons. The summed E-state index contributed by atoms with van der Waals surface area (Å²) < 4.78 is 10.5. The Morgan fingerprint density at radius 1 is 1.25 bits per heavy atom. The molecule has 2 aromatic rings. The van der Waals surface area contributed by atoms with Crippen molar-refractivity contribution in [2.75, 3.05) is 19.0 Å². The molecule has 0 atom stereocenters. The van der Waals surface area contributed by atoms with Gasteiger partial charge >= 0.3 is 0 Å². The Morgan fingerprint density at radius 3 is 2.79 bits per heavy atom. The first-order valence-corrected chi connectivity index (χ1v) is 7.72. The maximum absolute atomic E-state index is 9.71. The van der Waals surface area contributed by atoms with Gasteiger partial charge in [0.1, 0.15) is 0 Å². The van der Waals surface area contributed by atoms with Crippen molar-refractivity contribution in [3.8, 4) is 11.5 Å². The lowest BCUT2D eigenvalue weighted by atomic mass is 10.2. The lowest BCUT2D eigenvalue weighted by Crippen LogP contribution is -2.23. The second-order valence-electron chi connectivity index (χ2n) is 5.15. The molecule has 0 unspecified atom stereocenters. The third-order valence-electron chi connectivity index (χ3n) is 3.34. The number of anilines is 1. The lowest BCUT2D eigenvalue weighted by Gasteiger charge is -2.11. The third-order valence-corrected chi connectivity index (χ3v) is 3.34. The summed E-state index contributed by atoms with van der Waals surface area (Å²) >= 11 is 0.